The van der Waals surface area contributed by atoms with Gasteiger partial charge in [0.05, 0.1) is 24.5 Å². The maximum absolute atomic E-state index is 11.6. The number of ether oxygens (including phenoxy) is 2. The Morgan fingerprint density at radius 2 is 2.17 bits per heavy atom. The van der Waals surface area contributed by atoms with E-state index < -0.39 is 0 Å². The Bertz CT molecular complexity index is 393. The third-order valence-corrected chi connectivity index (χ3v) is 2.25. The smallest absolute Gasteiger partial charge is 0.338 e. The van der Waals surface area contributed by atoms with Gasteiger partial charge in [-0.2, -0.15) is 0 Å². The number of aliphatic hydroxyl groups excluding tert-OH is 1. The molecule has 0 heterocycles. The molecule has 0 saturated heterocycles. The average molecular weight is 253 g/mol. The summed E-state index contributed by atoms with van der Waals surface area (Å²) in [6.45, 7) is 2.73. The number of carbonyl (C=O) groups is 1. The van der Waals surface area contributed by atoms with E-state index >= 15 is 0 Å². The van der Waals surface area contributed by atoms with Gasteiger partial charge in [0, 0.05) is 13.0 Å². The van der Waals surface area contributed by atoms with Gasteiger partial charge in [-0.15, -0.1) is 0 Å². The largest absolute Gasteiger partial charge is 0.491 e. The molecule has 0 fully saturated rings. The van der Waals surface area contributed by atoms with E-state index in [0.717, 1.165) is 6.42 Å². The zero-order valence-corrected chi connectivity index (χ0v) is 10.5. The Balaban J connectivity index is 2.70. The second-order valence-electron chi connectivity index (χ2n) is 3.81. The topological polar surface area (TPSA) is 81.8 Å². The minimum Gasteiger partial charge on any atom is -0.491 e. The van der Waals surface area contributed by atoms with E-state index in [9.17, 15) is 4.79 Å². The zero-order valence-electron chi connectivity index (χ0n) is 10.5. The van der Waals surface area contributed by atoms with Crippen molar-refractivity contribution in [3.63, 3.8) is 0 Å². The maximum atomic E-state index is 11.6. The average Bonchev–Trinajstić information content (AvgIpc) is 2.38. The third kappa shape index (κ3) is 4.25. The number of nitrogens with two attached hydrogens (primary N) is 1. The van der Waals surface area contributed by atoms with Crippen LogP contribution in [0.4, 0.5) is 5.69 Å². The van der Waals surface area contributed by atoms with Crippen molar-refractivity contribution in [2.75, 3.05) is 25.6 Å². The Labute approximate surface area is 107 Å². The zero-order chi connectivity index (χ0) is 13.4. The summed E-state index contributed by atoms with van der Waals surface area (Å²) in [5, 5.41) is 8.67. The second-order valence-corrected chi connectivity index (χ2v) is 3.81. The first-order valence-corrected chi connectivity index (χ1v) is 5.99. The molecule has 0 amide bonds. The molecule has 0 radical (unpaired) electrons. The summed E-state index contributed by atoms with van der Waals surface area (Å²) in [5.41, 5.74) is 6.60. The van der Waals surface area contributed by atoms with Crippen LogP contribution in [0.15, 0.2) is 18.2 Å². The van der Waals surface area contributed by atoms with Crippen molar-refractivity contribution >= 4 is 11.7 Å². The highest BCUT2D eigenvalue weighted by Gasteiger charge is 2.10. The van der Waals surface area contributed by atoms with E-state index in [1.807, 2.05) is 6.92 Å². The molecule has 3 N–H and O–H groups in total. The number of hydrogen-bond donors (Lipinski definition) is 2. The lowest BCUT2D eigenvalue weighted by Gasteiger charge is -2.10. The van der Waals surface area contributed by atoms with Crippen molar-refractivity contribution in [2.24, 2.45) is 0 Å². The predicted molar refractivity (Wildman–Crippen MR) is 68.6 cm³/mol. The van der Waals surface area contributed by atoms with E-state index in [1.54, 1.807) is 18.2 Å². The van der Waals surface area contributed by atoms with Crippen molar-refractivity contribution < 1.29 is 19.4 Å². The van der Waals surface area contributed by atoms with Crippen LogP contribution in [-0.2, 0) is 4.74 Å². The normalized spacial score (nSPS) is 10.1. The highest BCUT2D eigenvalue weighted by Crippen LogP contribution is 2.23. The van der Waals surface area contributed by atoms with Crippen LogP contribution in [0.25, 0.3) is 0 Å². The Kier molecular flexibility index (Phi) is 6.00. The SMILES string of the molecule is CCCOC(=O)c1ccc(N)c(OCCCO)c1. The summed E-state index contributed by atoms with van der Waals surface area (Å²) in [6, 6.07) is 4.77. The molecule has 0 aliphatic heterocycles. The predicted octanol–water partition coefficient (Wildman–Crippen LogP) is 1.60. The van der Waals surface area contributed by atoms with Crippen LogP contribution in [0.2, 0.25) is 0 Å². The van der Waals surface area contributed by atoms with Crippen LogP contribution in [0, 0.1) is 0 Å². The van der Waals surface area contributed by atoms with Crippen molar-refractivity contribution in [2.45, 2.75) is 19.8 Å². The molecule has 0 saturated carbocycles. The van der Waals surface area contributed by atoms with Gasteiger partial charge in [-0.3, -0.25) is 0 Å². The van der Waals surface area contributed by atoms with Crippen molar-refractivity contribution in [1.29, 1.82) is 0 Å². The molecule has 0 aliphatic carbocycles. The molecule has 100 valence electrons. The van der Waals surface area contributed by atoms with E-state index in [2.05, 4.69) is 0 Å². The van der Waals surface area contributed by atoms with Crippen molar-refractivity contribution in [3.05, 3.63) is 23.8 Å². The first kappa shape index (κ1) is 14.3. The van der Waals surface area contributed by atoms with Crippen LogP contribution in [0.1, 0.15) is 30.1 Å². The van der Waals surface area contributed by atoms with E-state index in [4.69, 9.17) is 20.3 Å². The summed E-state index contributed by atoms with van der Waals surface area (Å²) >= 11 is 0. The molecule has 1 aromatic rings. The number of aliphatic hydroxyl groups is 1. The van der Waals surface area contributed by atoms with E-state index in [1.165, 1.54) is 0 Å². The molecule has 0 unspecified atom stereocenters. The lowest BCUT2D eigenvalue weighted by atomic mass is 10.2. The molecule has 0 atom stereocenters. The first-order valence-electron chi connectivity index (χ1n) is 5.99. The number of carbonyl (C=O) groups excluding carboxylic acids is 1. The molecular weight excluding hydrogens is 234 g/mol. The summed E-state index contributed by atoms with van der Waals surface area (Å²) < 4.78 is 10.4. The van der Waals surface area contributed by atoms with Crippen molar-refractivity contribution in [3.8, 4) is 5.75 Å². The fourth-order valence-corrected chi connectivity index (χ4v) is 1.31. The lowest BCUT2D eigenvalue weighted by Crippen LogP contribution is -2.08. The lowest BCUT2D eigenvalue weighted by molar-refractivity contribution is 0.0504. The van der Waals surface area contributed by atoms with E-state index in [0.29, 0.717) is 36.6 Å². The molecule has 1 rings (SSSR count). The minimum atomic E-state index is -0.385. The number of hydrogen-bond acceptors (Lipinski definition) is 5. The Hall–Kier alpha value is -1.75. The summed E-state index contributed by atoms with van der Waals surface area (Å²) in [4.78, 5) is 11.6. The molecule has 1 aromatic carbocycles. The number of benzene rings is 1. The Morgan fingerprint density at radius 3 is 2.83 bits per heavy atom. The molecule has 0 bridgehead atoms. The third-order valence-electron chi connectivity index (χ3n) is 2.25. The number of nitrogen functional groups attached to an aromatic ring is 1. The Morgan fingerprint density at radius 1 is 1.39 bits per heavy atom. The fourth-order valence-electron chi connectivity index (χ4n) is 1.31. The highest BCUT2D eigenvalue weighted by atomic mass is 16.5. The van der Waals surface area contributed by atoms with Gasteiger partial charge in [0.1, 0.15) is 5.75 Å². The van der Waals surface area contributed by atoms with Crippen molar-refractivity contribution in [1.82, 2.24) is 0 Å². The molecule has 5 nitrogen and oxygen atoms in total. The monoisotopic (exact) mass is 253 g/mol. The van der Waals surface area contributed by atoms with Gasteiger partial charge in [0.15, 0.2) is 0 Å². The molecule has 18 heavy (non-hydrogen) atoms. The first-order chi connectivity index (χ1) is 8.69. The van der Waals surface area contributed by atoms with Gasteiger partial charge in [-0.05, 0) is 24.6 Å². The van der Waals surface area contributed by atoms with Gasteiger partial charge in [-0.1, -0.05) is 6.92 Å². The molecule has 0 aromatic heterocycles. The molecular formula is C13H19NO4. The van der Waals surface area contributed by atoms with Crippen LogP contribution >= 0.6 is 0 Å². The molecule has 0 spiro atoms. The summed E-state index contributed by atoms with van der Waals surface area (Å²) in [7, 11) is 0. The number of esters is 1. The highest BCUT2D eigenvalue weighted by molar-refractivity contribution is 5.90. The maximum Gasteiger partial charge on any atom is 0.338 e. The van der Waals surface area contributed by atoms with Crippen LogP contribution in [0.3, 0.4) is 0 Å². The number of rotatable bonds is 7. The summed E-state index contributed by atoms with van der Waals surface area (Å²) in [6.07, 6.45) is 1.30. The second kappa shape index (κ2) is 7.55. The van der Waals surface area contributed by atoms with E-state index in [-0.39, 0.29) is 12.6 Å². The minimum absolute atomic E-state index is 0.0537. The van der Waals surface area contributed by atoms with Gasteiger partial charge in [-0.25, -0.2) is 4.79 Å². The molecule has 5 heteroatoms. The van der Waals surface area contributed by atoms with Crippen LogP contribution < -0.4 is 10.5 Å². The van der Waals surface area contributed by atoms with Crippen LogP contribution in [0.5, 0.6) is 5.75 Å². The van der Waals surface area contributed by atoms with Gasteiger partial charge >= 0.3 is 5.97 Å². The fraction of sp³-hybridized carbons (Fsp3) is 0.462. The summed E-state index contributed by atoms with van der Waals surface area (Å²) in [5.74, 6) is 0.0539. The van der Waals surface area contributed by atoms with Gasteiger partial charge in [0.2, 0.25) is 0 Å². The van der Waals surface area contributed by atoms with Gasteiger partial charge in [0.25, 0.3) is 0 Å². The standard InChI is InChI=1S/C13H19NO4/c1-2-7-18-13(16)10-4-5-11(14)12(9-10)17-8-3-6-15/h4-5,9,15H,2-3,6-8,14H2,1H3. The quantitative estimate of drug-likeness (QED) is 0.438. The molecule has 0 aliphatic rings. The van der Waals surface area contributed by atoms with Crippen LogP contribution in [-0.4, -0.2) is 30.9 Å². The number of anilines is 1. The van der Waals surface area contributed by atoms with Gasteiger partial charge < -0.3 is 20.3 Å².